The molecule has 0 atom stereocenters. The maximum absolute atomic E-state index is 12.8. The predicted molar refractivity (Wildman–Crippen MR) is 59.5 cm³/mol. The van der Waals surface area contributed by atoms with Crippen LogP contribution >= 0.6 is 0 Å². The number of esters is 1. The average Bonchev–Trinajstić information content (AvgIpc) is 2.30. The molecular formula is C13H10F4O2. The zero-order valence-electron chi connectivity index (χ0n) is 9.97. The molecule has 0 unspecified atom stereocenters. The highest BCUT2D eigenvalue weighted by Gasteiger charge is 2.33. The first kappa shape index (κ1) is 15.0. The van der Waals surface area contributed by atoms with Gasteiger partial charge in [-0.3, -0.25) is 4.79 Å². The lowest BCUT2D eigenvalue weighted by Crippen LogP contribution is -2.08. The highest BCUT2D eigenvalue weighted by Crippen LogP contribution is 2.32. The van der Waals surface area contributed by atoms with Crippen LogP contribution in [0.25, 0.3) is 0 Å². The first-order valence-electron chi connectivity index (χ1n) is 5.36. The molecule has 2 nitrogen and oxygen atoms in total. The van der Waals surface area contributed by atoms with Gasteiger partial charge < -0.3 is 4.74 Å². The third-order valence-electron chi connectivity index (χ3n) is 2.05. The molecule has 0 aromatic heterocycles. The number of carbonyl (C=O) groups is 1. The van der Waals surface area contributed by atoms with Crippen molar-refractivity contribution in [3.63, 3.8) is 0 Å². The molecule has 0 saturated heterocycles. The van der Waals surface area contributed by atoms with E-state index in [0.717, 1.165) is 12.1 Å². The summed E-state index contributed by atoms with van der Waals surface area (Å²) in [5.41, 5.74) is -1.54. The molecule has 1 rings (SSSR count). The summed E-state index contributed by atoms with van der Waals surface area (Å²) in [6.45, 7) is 1.78. The molecule has 0 spiro atoms. The van der Waals surface area contributed by atoms with Crippen LogP contribution in [0.2, 0.25) is 0 Å². The van der Waals surface area contributed by atoms with E-state index in [4.69, 9.17) is 0 Å². The number of benzene rings is 1. The van der Waals surface area contributed by atoms with Gasteiger partial charge in [-0.15, -0.1) is 0 Å². The number of alkyl halides is 3. The van der Waals surface area contributed by atoms with E-state index in [9.17, 15) is 22.4 Å². The van der Waals surface area contributed by atoms with Crippen LogP contribution in [-0.4, -0.2) is 12.6 Å². The summed E-state index contributed by atoms with van der Waals surface area (Å²) >= 11 is 0. The highest BCUT2D eigenvalue weighted by atomic mass is 19.4. The van der Waals surface area contributed by atoms with Crippen LogP contribution < -0.4 is 0 Å². The predicted octanol–water partition coefficient (Wildman–Crippen LogP) is 3.15. The van der Waals surface area contributed by atoms with Crippen molar-refractivity contribution in [1.82, 2.24) is 0 Å². The molecule has 0 radical (unpaired) electrons. The van der Waals surface area contributed by atoms with E-state index in [-0.39, 0.29) is 18.6 Å². The van der Waals surface area contributed by atoms with E-state index in [2.05, 4.69) is 16.6 Å². The highest BCUT2D eigenvalue weighted by molar-refractivity contribution is 5.72. The third kappa shape index (κ3) is 4.62. The van der Waals surface area contributed by atoms with Crippen molar-refractivity contribution in [3.05, 3.63) is 35.1 Å². The lowest BCUT2D eigenvalue weighted by Gasteiger charge is -2.08. The van der Waals surface area contributed by atoms with Crippen LogP contribution in [0.4, 0.5) is 17.6 Å². The van der Waals surface area contributed by atoms with Crippen molar-refractivity contribution >= 4 is 5.97 Å². The molecule has 0 aliphatic carbocycles. The second kappa shape index (κ2) is 6.23. The fraction of sp³-hybridized carbons (Fsp3) is 0.308. The van der Waals surface area contributed by atoms with Gasteiger partial charge >= 0.3 is 12.1 Å². The largest absolute Gasteiger partial charge is 0.465 e. The van der Waals surface area contributed by atoms with Gasteiger partial charge in [0.05, 0.1) is 12.2 Å². The maximum Gasteiger partial charge on any atom is 0.417 e. The molecule has 0 fully saturated rings. The minimum atomic E-state index is -4.70. The summed E-state index contributed by atoms with van der Waals surface area (Å²) < 4.78 is 55.2. The molecule has 0 saturated carbocycles. The molecule has 102 valence electrons. The molecule has 0 heterocycles. The molecular weight excluding hydrogens is 264 g/mol. The second-order valence-corrected chi connectivity index (χ2v) is 3.47. The lowest BCUT2D eigenvalue weighted by atomic mass is 10.1. The Kier molecular flexibility index (Phi) is 4.93. The molecule has 0 amide bonds. The smallest absolute Gasteiger partial charge is 0.417 e. The topological polar surface area (TPSA) is 26.3 Å². The number of hydrogen-bond donors (Lipinski definition) is 0. The van der Waals surface area contributed by atoms with E-state index in [1.54, 1.807) is 6.92 Å². The van der Waals surface area contributed by atoms with Crippen molar-refractivity contribution in [1.29, 1.82) is 0 Å². The molecule has 1 aromatic rings. The Hall–Kier alpha value is -2.03. The summed E-state index contributed by atoms with van der Waals surface area (Å²) in [5, 5.41) is 0. The summed E-state index contributed by atoms with van der Waals surface area (Å²) in [6, 6.07) is 2.17. The maximum atomic E-state index is 12.8. The summed E-state index contributed by atoms with van der Waals surface area (Å²) in [6.07, 6.45) is -5.02. The molecule has 0 aliphatic rings. The molecule has 0 aliphatic heterocycles. The molecule has 1 aromatic carbocycles. The van der Waals surface area contributed by atoms with Gasteiger partial charge in [0.1, 0.15) is 12.2 Å². The van der Waals surface area contributed by atoms with Gasteiger partial charge in [-0.1, -0.05) is 11.8 Å². The van der Waals surface area contributed by atoms with E-state index in [1.165, 1.54) is 0 Å². The average molecular weight is 274 g/mol. The summed E-state index contributed by atoms with van der Waals surface area (Å²) in [7, 11) is 0. The van der Waals surface area contributed by atoms with Crippen LogP contribution in [0.15, 0.2) is 18.2 Å². The fourth-order valence-electron chi connectivity index (χ4n) is 1.28. The van der Waals surface area contributed by atoms with E-state index < -0.39 is 23.5 Å². The standard InChI is InChI=1S/C13H10F4O2/c1-2-19-12(18)5-3-4-9-6-7-10(14)8-11(9)13(15,16)17/h6-8H,2,5H2,1H3. The molecule has 0 N–H and O–H groups in total. The second-order valence-electron chi connectivity index (χ2n) is 3.47. The fourth-order valence-corrected chi connectivity index (χ4v) is 1.28. The normalized spacial score (nSPS) is 10.6. The van der Waals surface area contributed by atoms with Gasteiger partial charge in [0.25, 0.3) is 0 Å². The van der Waals surface area contributed by atoms with Crippen LogP contribution in [-0.2, 0) is 15.7 Å². The zero-order valence-corrected chi connectivity index (χ0v) is 9.97. The van der Waals surface area contributed by atoms with Crippen LogP contribution in [0.5, 0.6) is 0 Å². The van der Waals surface area contributed by atoms with Crippen molar-refractivity contribution in [2.45, 2.75) is 19.5 Å². The first-order valence-corrected chi connectivity index (χ1v) is 5.36. The number of hydrogen-bond acceptors (Lipinski definition) is 2. The van der Waals surface area contributed by atoms with Gasteiger partial charge in [0.2, 0.25) is 0 Å². The quantitative estimate of drug-likeness (QED) is 0.470. The SMILES string of the molecule is CCOC(=O)CC#Cc1ccc(F)cc1C(F)(F)F. The Morgan fingerprint density at radius 2 is 2.05 bits per heavy atom. The zero-order chi connectivity index (χ0) is 14.5. The van der Waals surface area contributed by atoms with Crippen LogP contribution in [0.3, 0.4) is 0 Å². The summed E-state index contributed by atoms with van der Waals surface area (Å²) in [4.78, 5) is 11.0. The third-order valence-corrected chi connectivity index (χ3v) is 2.05. The van der Waals surface area contributed by atoms with Crippen molar-refractivity contribution in [3.8, 4) is 11.8 Å². The number of halogens is 4. The van der Waals surface area contributed by atoms with E-state index >= 15 is 0 Å². The minimum absolute atomic E-state index is 0.171. The Labute approximate surface area is 107 Å². The van der Waals surface area contributed by atoms with Gasteiger partial charge in [-0.25, -0.2) is 4.39 Å². The van der Waals surface area contributed by atoms with Crippen molar-refractivity contribution in [2.75, 3.05) is 6.61 Å². The van der Waals surface area contributed by atoms with Gasteiger partial charge in [-0.2, -0.15) is 13.2 Å². The van der Waals surface area contributed by atoms with Crippen molar-refractivity contribution < 1.29 is 27.1 Å². The van der Waals surface area contributed by atoms with Crippen LogP contribution in [0, 0.1) is 17.7 Å². The number of carbonyl (C=O) groups excluding carboxylic acids is 1. The van der Waals surface area contributed by atoms with Gasteiger partial charge in [0.15, 0.2) is 0 Å². The van der Waals surface area contributed by atoms with Gasteiger partial charge in [0, 0.05) is 5.56 Å². The Balaban J connectivity index is 2.96. The molecule has 19 heavy (non-hydrogen) atoms. The summed E-state index contributed by atoms with van der Waals surface area (Å²) in [5.74, 6) is 2.85. The molecule has 6 heteroatoms. The lowest BCUT2D eigenvalue weighted by molar-refractivity contribution is -0.141. The van der Waals surface area contributed by atoms with Gasteiger partial charge in [-0.05, 0) is 25.1 Å². The first-order chi connectivity index (χ1) is 8.84. The Bertz CT molecular complexity index is 524. The Morgan fingerprint density at radius 1 is 1.37 bits per heavy atom. The number of ether oxygens (including phenoxy) is 1. The van der Waals surface area contributed by atoms with E-state index in [0.29, 0.717) is 6.07 Å². The number of rotatable bonds is 2. The Morgan fingerprint density at radius 3 is 2.63 bits per heavy atom. The minimum Gasteiger partial charge on any atom is -0.465 e. The molecule has 0 bridgehead atoms. The monoisotopic (exact) mass is 274 g/mol. The van der Waals surface area contributed by atoms with Crippen molar-refractivity contribution in [2.24, 2.45) is 0 Å². The van der Waals surface area contributed by atoms with E-state index in [1.807, 2.05) is 0 Å². The van der Waals surface area contributed by atoms with Crippen LogP contribution in [0.1, 0.15) is 24.5 Å².